The number of para-hydroxylation sites is 1. The smallest absolute Gasteiger partial charge is 0.417 e. The number of nitrogens with zero attached hydrogens (tertiary/aromatic N) is 1. The fourth-order valence-electron chi connectivity index (χ4n) is 1.91. The van der Waals surface area contributed by atoms with E-state index in [-0.39, 0.29) is 13.2 Å². The summed E-state index contributed by atoms with van der Waals surface area (Å²) in [6.45, 7) is -0.122. The monoisotopic (exact) mass is 340 g/mol. The molecule has 0 saturated heterocycles. The highest BCUT2D eigenvalue weighted by atomic mass is 19.4. The van der Waals surface area contributed by atoms with Crippen molar-refractivity contribution in [2.24, 2.45) is 0 Å². The second-order valence-electron chi connectivity index (χ2n) is 4.89. The Labute approximate surface area is 135 Å². The van der Waals surface area contributed by atoms with E-state index in [1.165, 1.54) is 0 Å². The van der Waals surface area contributed by atoms with Gasteiger partial charge in [0.05, 0.1) is 12.1 Å². The number of benzene rings is 1. The third-order valence-corrected chi connectivity index (χ3v) is 3.06. The van der Waals surface area contributed by atoms with E-state index in [1.54, 1.807) is 24.3 Å². The van der Waals surface area contributed by atoms with Gasteiger partial charge in [0, 0.05) is 12.3 Å². The van der Waals surface area contributed by atoms with E-state index in [0.29, 0.717) is 18.0 Å². The van der Waals surface area contributed by atoms with Crippen molar-refractivity contribution in [3.8, 4) is 5.75 Å². The lowest BCUT2D eigenvalue weighted by Gasteiger charge is -2.11. The van der Waals surface area contributed by atoms with E-state index in [9.17, 15) is 22.8 Å². The van der Waals surface area contributed by atoms with Crippen LogP contribution in [0, 0.1) is 0 Å². The zero-order valence-corrected chi connectivity index (χ0v) is 12.5. The van der Waals surface area contributed by atoms with Gasteiger partial charge in [0.2, 0.25) is 5.91 Å². The molecule has 128 valence electrons. The predicted octanol–water partition coefficient (Wildman–Crippen LogP) is 2.06. The van der Waals surface area contributed by atoms with Gasteiger partial charge < -0.3 is 14.6 Å². The first-order valence-electron chi connectivity index (χ1n) is 7.08. The molecule has 0 radical (unpaired) electrons. The van der Waals surface area contributed by atoms with Gasteiger partial charge in [0.1, 0.15) is 18.9 Å². The summed E-state index contributed by atoms with van der Waals surface area (Å²) in [6, 6.07) is 10.4. The van der Waals surface area contributed by atoms with Crippen molar-refractivity contribution < 1.29 is 22.7 Å². The summed E-state index contributed by atoms with van der Waals surface area (Å²) in [5.41, 5.74) is -1.67. The SMILES string of the molecule is O=C(Cn1cc(C(F)(F)F)ccc1=O)NCCOc1ccccc1. The molecule has 0 unspecified atom stereocenters. The maximum Gasteiger partial charge on any atom is 0.417 e. The zero-order chi connectivity index (χ0) is 17.6. The van der Waals surface area contributed by atoms with Gasteiger partial charge >= 0.3 is 6.18 Å². The fourth-order valence-corrected chi connectivity index (χ4v) is 1.91. The molecule has 0 spiro atoms. The van der Waals surface area contributed by atoms with Gasteiger partial charge in [-0.1, -0.05) is 18.2 Å². The Morgan fingerprint density at radius 2 is 1.83 bits per heavy atom. The lowest BCUT2D eigenvalue weighted by atomic mass is 10.3. The molecule has 0 bridgehead atoms. The van der Waals surface area contributed by atoms with Crippen LogP contribution >= 0.6 is 0 Å². The van der Waals surface area contributed by atoms with E-state index in [1.807, 2.05) is 6.07 Å². The summed E-state index contributed by atoms with van der Waals surface area (Å²) in [5, 5.41) is 2.48. The molecular formula is C16H15F3N2O3. The Hall–Kier alpha value is -2.77. The quantitative estimate of drug-likeness (QED) is 0.819. The standard InChI is InChI=1S/C16H15F3N2O3/c17-16(18,19)12-6-7-15(23)21(10-12)11-14(22)20-8-9-24-13-4-2-1-3-5-13/h1-7,10H,8-9,11H2,(H,20,22). The largest absolute Gasteiger partial charge is 0.492 e. The molecular weight excluding hydrogens is 325 g/mol. The lowest BCUT2D eigenvalue weighted by molar-refractivity contribution is -0.138. The van der Waals surface area contributed by atoms with Gasteiger partial charge in [0.25, 0.3) is 5.56 Å². The van der Waals surface area contributed by atoms with Crippen LogP contribution in [0.4, 0.5) is 13.2 Å². The third kappa shape index (κ3) is 5.15. The number of rotatable bonds is 6. The van der Waals surface area contributed by atoms with Crippen LogP contribution < -0.4 is 15.6 Å². The second-order valence-corrected chi connectivity index (χ2v) is 4.89. The first kappa shape index (κ1) is 17.6. The molecule has 0 aliphatic carbocycles. The van der Waals surface area contributed by atoms with Crippen LogP contribution in [0.2, 0.25) is 0 Å². The van der Waals surface area contributed by atoms with Crippen molar-refractivity contribution in [3.05, 3.63) is 64.6 Å². The number of pyridine rings is 1. The first-order valence-corrected chi connectivity index (χ1v) is 7.08. The number of hydrogen-bond donors (Lipinski definition) is 1. The highest BCUT2D eigenvalue weighted by molar-refractivity contribution is 5.75. The van der Waals surface area contributed by atoms with Gasteiger partial charge in [0.15, 0.2) is 0 Å². The van der Waals surface area contributed by atoms with Crippen LogP contribution in [-0.2, 0) is 17.5 Å². The molecule has 2 rings (SSSR count). The van der Waals surface area contributed by atoms with E-state index in [4.69, 9.17) is 4.74 Å². The average Bonchev–Trinajstić information content (AvgIpc) is 2.53. The Kier molecular flexibility index (Phi) is 5.62. The van der Waals surface area contributed by atoms with Crippen LogP contribution in [0.3, 0.4) is 0 Å². The molecule has 5 nitrogen and oxygen atoms in total. The number of hydrogen-bond acceptors (Lipinski definition) is 3. The van der Waals surface area contributed by atoms with Crippen molar-refractivity contribution >= 4 is 5.91 Å². The maximum atomic E-state index is 12.6. The molecule has 0 aliphatic heterocycles. The maximum absolute atomic E-state index is 12.6. The van der Waals surface area contributed by atoms with Crippen molar-refractivity contribution in [3.63, 3.8) is 0 Å². The van der Waals surface area contributed by atoms with Crippen LogP contribution in [-0.4, -0.2) is 23.6 Å². The zero-order valence-electron chi connectivity index (χ0n) is 12.5. The number of aromatic nitrogens is 1. The summed E-state index contributed by atoms with van der Waals surface area (Å²) in [4.78, 5) is 23.3. The topological polar surface area (TPSA) is 60.3 Å². The van der Waals surface area contributed by atoms with Crippen molar-refractivity contribution in [2.75, 3.05) is 13.2 Å². The summed E-state index contributed by atoms with van der Waals surface area (Å²) in [6.07, 6.45) is -3.95. The highest BCUT2D eigenvalue weighted by Crippen LogP contribution is 2.27. The van der Waals surface area contributed by atoms with E-state index in [2.05, 4.69) is 5.32 Å². The minimum atomic E-state index is -4.57. The molecule has 8 heteroatoms. The molecule has 24 heavy (non-hydrogen) atoms. The predicted molar refractivity (Wildman–Crippen MR) is 80.7 cm³/mol. The number of carbonyl (C=O) groups excluding carboxylic acids is 1. The molecule has 1 amide bonds. The molecule has 0 aliphatic rings. The van der Waals surface area contributed by atoms with Crippen LogP contribution in [0.15, 0.2) is 53.5 Å². The van der Waals surface area contributed by atoms with Crippen molar-refractivity contribution in [1.82, 2.24) is 9.88 Å². The second kappa shape index (κ2) is 7.67. The minimum absolute atomic E-state index is 0.168. The Bertz CT molecular complexity index is 742. The molecule has 0 saturated carbocycles. The third-order valence-electron chi connectivity index (χ3n) is 3.06. The molecule has 1 aromatic carbocycles. The Balaban J connectivity index is 1.85. The summed E-state index contributed by atoms with van der Waals surface area (Å²) < 4.78 is 43.9. The number of amides is 1. The van der Waals surface area contributed by atoms with Gasteiger partial charge in [-0.2, -0.15) is 13.2 Å². The number of carbonyl (C=O) groups is 1. The summed E-state index contributed by atoms with van der Waals surface area (Å²) in [5.74, 6) is 0.0638. The normalized spacial score (nSPS) is 11.1. The Morgan fingerprint density at radius 3 is 2.50 bits per heavy atom. The molecule has 1 heterocycles. The summed E-state index contributed by atoms with van der Waals surface area (Å²) >= 11 is 0. The van der Waals surface area contributed by atoms with Crippen LogP contribution in [0.25, 0.3) is 0 Å². The fraction of sp³-hybridized carbons (Fsp3) is 0.250. The minimum Gasteiger partial charge on any atom is -0.492 e. The van der Waals surface area contributed by atoms with E-state index < -0.39 is 29.8 Å². The number of alkyl halides is 3. The number of halogens is 3. The average molecular weight is 340 g/mol. The van der Waals surface area contributed by atoms with Crippen LogP contribution in [0.1, 0.15) is 5.56 Å². The van der Waals surface area contributed by atoms with E-state index >= 15 is 0 Å². The van der Waals surface area contributed by atoms with Gasteiger partial charge in [-0.05, 0) is 18.2 Å². The van der Waals surface area contributed by atoms with Gasteiger partial charge in [-0.25, -0.2) is 0 Å². The van der Waals surface area contributed by atoms with E-state index in [0.717, 1.165) is 10.6 Å². The van der Waals surface area contributed by atoms with Gasteiger partial charge in [-0.15, -0.1) is 0 Å². The van der Waals surface area contributed by atoms with Crippen molar-refractivity contribution in [2.45, 2.75) is 12.7 Å². The molecule has 1 aromatic heterocycles. The molecule has 0 atom stereocenters. The van der Waals surface area contributed by atoms with Crippen molar-refractivity contribution in [1.29, 1.82) is 0 Å². The lowest BCUT2D eigenvalue weighted by Crippen LogP contribution is -2.34. The molecule has 2 aromatic rings. The highest BCUT2D eigenvalue weighted by Gasteiger charge is 2.31. The number of nitrogens with one attached hydrogen (secondary N) is 1. The molecule has 0 fully saturated rings. The summed E-state index contributed by atoms with van der Waals surface area (Å²) in [7, 11) is 0. The van der Waals surface area contributed by atoms with Crippen LogP contribution in [0.5, 0.6) is 5.75 Å². The first-order chi connectivity index (χ1) is 11.4. The molecule has 1 N–H and O–H groups in total. The number of ether oxygens (including phenoxy) is 1. The Morgan fingerprint density at radius 1 is 1.12 bits per heavy atom. The van der Waals surface area contributed by atoms with Gasteiger partial charge in [-0.3, -0.25) is 9.59 Å².